The predicted molar refractivity (Wildman–Crippen MR) is 96.7 cm³/mol. The molecule has 1 aromatic carbocycles. The first-order valence-electron chi connectivity index (χ1n) is 9.21. The molecule has 0 saturated heterocycles. The van der Waals surface area contributed by atoms with Crippen LogP contribution in [-0.2, 0) is 16.0 Å². The minimum Gasteiger partial charge on any atom is -0.463 e. The van der Waals surface area contributed by atoms with E-state index in [4.69, 9.17) is 4.74 Å². The second-order valence-corrected chi connectivity index (χ2v) is 6.84. The zero-order valence-electron chi connectivity index (χ0n) is 14.7. The molecule has 0 aliphatic heterocycles. The molecule has 0 aromatic heterocycles. The van der Waals surface area contributed by atoms with Crippen LogP contribution in [0.25, 0.3) is 0 Å². The van der Waals surface area contributed by atoms with Crippen LogP contribution in [0.4, 0.5) is 0 Å². The average molecular weight is 330 g/mol. The SMILES string of the molecule is CC(=O)O[C@H]1CCC[C@H](C=CC(O)CCCCc2ccccc2)C1. The van der Waals surface area contributed by atoms with E-state index in [1.165, 1.54) is 12.5 Å². The molecule has 1 aromatic rings. The Labute approximate surface area is 145 Å². The van der Waals surface area contributed by atoms with Crippen molar-refractivity contribution in [2.45, 2.75) is 70.5 Å². The summed E-state index contributed by atoms with van der Waals surface area (Å²) in [6, 6.07) is 10.5. The fourth-order valence-electron chi connectivity index (χ4n) is 3.41. The lowest BCUT2D eigenvalue weighted by Crippen LogP contribution is -2.24. The minimum absolute atomic E-state index is 0.0499. The summed E-state index contributed by atoms with van der Waals surface area (Å²) in [5.74, 6) is 0.227. The van der Waals surface area contributed by atoms with Gasteiger partial charge in [0.1, 0.15) is 6.10 Å². The van der Waals surface area contributed by atoms with Gasteiger partial charge in [0, 0.05) is 6.92 Å². The number of allylic oxidation sites excluding steroid dienone is 1. The summed E-state index contributed by atoms with van der Waals surface area (Å²) in [6.07, 6.45) is 11.8. The van der Waals surface area contributed by atoms with E-state index in [0.717, 1.165) is 51.4 Å². The molecule has 1 N–H and O–H groups in total. The van der Waals surface area contributed by atoms with Crippen molar-refractivity contribution in [1.82, 2.24) is 0 Å². The summed E-state index contributed by atoms with van der Waals surface area (Å²) in [6.45, 7) is 1.47. The van der Waals surface area contributed by atoms with Crippen molar-refractivity contribution in [3.63, 3.8) is 0 Å². The summed E-state index contributed by atoms with van der Waals surface area (Å²) >= 11 is 0. The number of unbranched alkanes of at least 4 members (excludes halogenated alkanes) is 1. The second kappa shape index (κ2) is 10.3. The molecule has 0 spiro atoms. The van der Waals surface area contributed by atoms with Gasteiger partial charge in [-0.05, 0) is 56.4 Å². The average Bonchev–Trinajstić information content (AvgIpc) is 2.58. The Morgan fingerprint density at radius 2 is 2.08 bits per heavy atom. The summed E-state index contributed by atoms with van der Waals surface area (Å²) in [5, 5.41) is 10.1. The lowest BCUT2D eigenvalue weighted by Gasteiger charge is -2.26. The zero-order chi connectivity index (χ0) is 17.2. The van der Waals surface area contributed by atoms with E-state index in [2.05, 4.69) is 30.3 Å². The third-order valence-corrected chi connectivity index (χ3v) is 4.66. The first kappa shape index (κ1) is 18.7. The molecule has 132 valence electrons. The largest absolute Gasteiger partial charge is 0.463 e. The van der Waals surface area contributed by atoms with Crippen molar-refractivity contribution in [2.24, 2.45) is 5.92 Å². The van der Waals surface area contributed by atoms with Crippen LogP contribution >= 0.6 is 0 Å². The van der Waals surface area contributed by atoms with E-state index in [-0.39, 0.29) is 18.2 Å². The van der Waals surface area contributed by atoms with Crippen molar-refractivity contribution < 1.29 is 14.6 Å². The van der Waals surface area contributed by atoms with Gasteiger partial charge in [0.2, 0.25) is 0 Å². The second-order valence-electron chi connectivity index (χ2n) is 6.84. The van der Waals surface area contributed by atoms with Gasteiger partial charge >= 0.3 is 5.97 Å². The molecule has 3 heteroatoms. The van der Waals surface area contributed by atoms with E-state index in [1.54, 1.807) is 0 Å². The number of esters is 1. The van der Waals surface area contributed by atoms with Gasteiger partial charge in [0.25, 0.3) is 0 Å². The number of ether oxygens (including phenoxy) is 1. The summed E-state index contributed by atoms with van der Waals surface area (Å²) < 4.78 is 5.31. The van der Waals surface area contributed by atoms with Gasteiger partial charge in [-0.2, -0.15) is 0 Å². The van der Waals surface area contributed by atoms with Crippen molar-refractivity contribution in [1.29, 1.82) is 0 Å². The van der Waals surface area contributed by atoms with E-state index in [1.807, 2.05) is 12.1 Å². The van der Waals surface area contributed by atoms with Crippen molar-refractivity contribution >= 4 is 5.97 Å². The minimum atomic E-state index is -0.366. The number of aliphatic hydroxyl groups excluding tert-OH is 1. The highest BCUT2D eigenvalue weighted by molar-refractivity contribution is 5.66. The monoisotopic (exact) mass is 330 g/mol. The van der Waals surface area contributed by atoms with Gasteiger partial charge < -0.3 is 9.84 Å². The fraction of sp³-hybridized carbons (Fsp3) is 0.571. The Kier molecular flexibility index (Phi) is 8.03. The van der Waals surface area contributed by atoms with Crippen molar-refractivity contribution in [3.05, 3.63) is 48.0 Å². The molecule has 1 aliphatic carbocycles. The third kappa shape index (κ3) is 7.31. The Hall–Kier alpha value is -1.61. The standard InChI is InChI=1S/C21H30O3/c1-17(22)24-21-13-7-11-19(16-21)14-15-20(23)12-6-5-10-18-8-3-2-4-9-18/h2-4,8-9,14-15,19-21,23H,5-7,10-13,16H2,1H3/t19-,20?,21+/m1/s1. The summed E-state index contributed by atoms with van der Waals surface area (Å²) in [5.41, 5.74) is 1.36. The molecule has 0 heterocycles. The number of aliphatic hydroxyl groups is 1. The highest BCUT2D eigenvalue weighted by atomic mass is 16.5. The van der Waals surface area contributed by atoms with Crippen molar-refractivity contribution in [3.8, 4) is 0 Å². The van der Waals surface area contributed by atoms with Gasteiger partial charge in [-0.25, -0.2) is 0 Å². The molecule has 1 unspecified atom stereocenters. The Morgan fingerprint density at radius 1 is 1.29 bits per heavy atom. The van der Waals surface area contributed by atoms with Gasteiger partial charge in [-0.1, -0.05) is 48.9 Å². The third-order valence-electron chi connectivity index (χ3n) is 4.66. The highest BCUT2D eigenvalue weighted by Gasteiger charge is 2.22. The van der Waals surface area contributed by atoms with E-state index in [0.29, 0.717) is 5.92 Å². The lowest BCUT2D eigenvalue weighted by atomic mass is 9.86. The Bertz CT molecular complexity index is 509. The van der Waals surface area contributed by atoms with E-state index < -0.39 is 0 Å². The fourth-order valence-corrected chi connectivity index (χ4v) is 3.41. The maximum absolute atomic E-state index is 11.1. The molecule has 0 radical (unpaired) electrons. The van der Waals surface area contributed by atoms with Crippen LogP contribution in [0.2, 0.25) is 0 Å². The summed E-state index contributed by atoms with van der Waals surface area (Å²) in [7, 11) is 0. The quantitative estimate of drug-likeness (QED) is 0.435. The number of carbonyl (C=O) groups is 1. The molecule has 0 bridgehead atoms. The Morgan fingerprint density at radius 3 is 2.83 bits per heavy atom. The van der Waals surface area contributed by atoms with Crippen LogP contribution in [0.15, 0.2) is 42.5 Å². The predicted octanol–water partition coefficient (Wildman–Crippen LogP) is 4.44. The van der Waals surface area contributed by atoms with Gasteiger partial charge in [-0.15, -0.1) is 0 Å². The number of aryl methyl sites for hydroxylation is 1. The first-order chi connectivity index (χ1) is 11.6. The van der Waals surface area contributed by atoms with Crippen LogP contribution in [0.5, 0.6) is 0 Å². The smallest absolute Gasteiger partial charge is 0.302 e. The molecule has 1 aliphatic rings. The molecule has 3 nitrogen and oxygen atoms in total. The topological polar surface area (TPSA) is 46.5 Å². The van der Waals surface area contributed by atoms with E-state index >= 15 is 0 Å². The molecule has 3 atom stereocenters. The number of hydrogen-bond acceptors (Lipinski definition) is 3. The first-order valence-corrected chi connectivity index (χ1v) is 9.21. The number of hydrogen-bond donors (Lipinski definition) is 1. The van der Waals surface area contributed by atoms with E-state index in [9.17, 15) is 9.90 Å². The molecule has 1 saturated carbocycles. The van der Waals surface area contributed by atoms with Crippen LogP contribution in [0.1, 0.15) is 57.4 Å². The lowest BCUT2D eigenvalue weighted by molar-refractivity contribution is -0.148. The normalized spacial score (nSPS) is 22.4. The van der Waals surface area contributed by atoms with Gasteiger partial charge in [-0.3, -0.25) is 4.79 Å². The van der Waals surface area contributed by atoms with Crippen LogP contribution in [0, 0.1) is 5.92 Å². The maximum atomic E-state index is 11.1. The van der Waals surface area contributed by atoms with Crippen molar-refractivity contribution in [2.75, 3.05) is 0 Å². The highest BCUT2D eigenvalue weighted by Crippen LogP contribution is 2.27. The van der Waals surface area contributed by atoms with Gasteiger partial charge in [0.15, 0.2) is 0 Å². The number of rotatable bonds is 8. The molecule has 0 amide bonds. The summed E-state index contributed by atoms with van der Waals surface area (Å²) in [4.78, 5) is 11.1. The number of benzene rings is 1. The van der Waals surface area contributed by atoms with Crippen LogP contribution in [0.3, 0.4) is 0 Å². The molecule has 1 fully saturated rings. The van der Waals surface area contributed by atoms with Crippen LogP contribution < -0.4 is 0 Å². The van der Waals surface area contributed by atoms with Crippen LogP contribution in [-0.4, -0.2) is 23.3 Å². The molecule has 2 rings (SSSR count). The zero-order valence-corrected chi connectivity index (χ0v) is 14.7. The number of carbonyl (C=O) groups excluding carboxylic acids is 1. The molecular formula is C21H30O3. The Balaban J connectivity index is 1.63. The maximum Gasteiger partial charge on any atom is 0.302 e. The molecular weight excluding hydrogens is 300 g/mol. The van der Waals surface area contributed by atoms with Gasteiger partial charge in [0.05, 0.1) is 6.10 Å². The molecule has 24 heavy (non-hydrogen) atoms.